The first-order chi connectivity index (χ1) is 6.59. The van der Waals surface area contributed by atoms with Crippen LogP contribution in [0.5, 0.6) is 0 Å². The molecule has 0 bridgehead atoms. The Morgan fingerprint density at radius 2 is 2.43 bits per heavy atom. The van der Waals surface area contributed by atoms with Crippen LogP contribution >= 0.6 is 0 Å². The van der Waals surface area contributed by atoms with Crippen LogP contribution in [0.4, 0.5) is 5.82 Å². The number of amides is 1. The molecule has 0 aliphatic carbocycles. The molecule has 1 atom stereocenters. The molecule has 1 heterocycles. The topological polar surface area (TPSA) is 118 Å². The van der Waals surface area contributed by atoms with Gasteiger partial charge in [-0.05, 0) is 0 Å². The van der Waals surface area contributed by atoms with Gasteiger partial charge in [0.1, 0.15) is 6.26 Å². The number of nitrogens with two attached hydrogens (primary N) is 1. The number of nitrogens with one attached hydrogen (secondary N) is 1. The summed E-state index contributed by atoms with van der Waals surface area (Å²) in [4.78, 5) is 21.4. The molecule has 1 aromatic rings. The van der Waals surface area contributed by atoms with Crippen LogP contribution in [-0.2, 0) is 9.59 Å². The maximum absolute atomic E-state index is 11.2. The Hall–Kier alpha value is -1.89. The van der Waals surface area contributed by atoms with Crippen molar-refractivity contribution in [1.82, 2.24) is 5.16 Å². The summed E-state index contributed by atoms with van der Waals surface area (Å²) in [6.45, 7) is 0. The Morgan fingerprint density at radius 1 is 1.71 bits per heavy atom. The monoisotopic (exact) mass is 199 g/mol. The molecule has 76 valence electrons. The number of carboxylic acids is 1. The molecule has 1 unspecified atom stereocenters. The molecule has 0 fully saturated rings. The van der Waals surface area contributed by atoms with Crippen molar-refractivity contribution in [3.63, 3.8) is 0 Å². The first-order valence-corrected chi connectivity index (χ1v) is 3.78. The minimum atomic E-state index is -1.13. The summed E-state index contributed by atoms with van der Waals surface area (Å²) in [6.07, 6.45) is 0.849. The lowest BCUT2D eigenvalue weighted by molar-refractivity contribution is -0.138. The van der Waals surface area contributed by atoms with Crippen LogP contribution in [0, 0.1) is 0 Å². The minimum absolute atomic E-state index is 0.204. The number of hydrogen-bond donors (Lipinski definition) is 3. The second kappa shape index (κ2) is 4.38. The summed E-state index contributed by atoms with van der Waals surface area (Å²) in [7, 11) is 0. The highest BCUT2D eigenvalue weighted by Crippen LogP contribution is 2.02. The van der Waals surface area contributed by atoms with Gasteiger partial charge in [0.25, 0.3) is 0 Å². The molecule has 4 N–H and O–H groups in total. The highest BCUT2D eigenvalue weighted by atomic mass is 16.5. The number of nitrogens with zero attached hydrogens (tertiary/aromatic N) is 1. The molecule has 7 heteroatoms. The molecule has 0 saturated carbocycles. The number of hydrogen-bond acceptors (Lipinski definition) is 5. The van der Waals surface area contributed by atoms with E-state index in [9.17, 15) is 9.59 Å². The van der Waals surface area contributed by atoms with Gasteiger partial charge in [0.2, 0.25) is 5.91 Å². The van der Waals surface area contributed by atoms with E-state index in [-0.39, 0.29) is 5.82 Å². The van der Waals surface area contributed by atoms with E-state index in [2.05, 4.69) is 15.0 Å². The van der Waals surface area contributed by atoms with Gasteiger partial charge in [-0.15, -0.1) is 0 Å². The first-order valence-electron chi connectivity index (χ1n) is 3.78. The SMILES string of the molecule is NC(CC(=O)O)C(=O)Nc1ccon1. The van der Waals surface area contributed by atoms with Crippen LogP contribution in [0.3, 0.4) is 0 Å². The van der Waals surface area contributed by atoms with Crippen LogP contribution < -0.4 is 11.1 Å². The third-order valence-corrected chi connectivity index (χ3v) is 1.42. The normalized spacial score (nSPS) is 12.1. The zero-order valence-electron chi connectivity index (χ0n) is 7.14. The van der Waals surface area contributed by atoms with Gasteiger partial charge in [0.15, 0.2) is 5.82 Å². The molecule has 0 aliphatic rings. The lowest BCUT2D eigenvalue weighted by atomic mass is 10.2. The van der Waals surface area contributed by atoms with Gasteiger partial charge < -0.3 is 20.7 Å². The maximum atomic E-state index is 11.2. The second-order valence-corrected chi connectivity index (χ2v) is 2.58. The predicted molar refractivity (Wildman–Crippen MR) is 45.4 cm³/mol. The standard InChI is InChI=1S/C7H9N3O4/c8-4(3-6(11)12)7(13)9-5-1-2-14-10-5/h1-2,4H,3,8H2,(H,11,12)(H,9,10,13). The van der Waals surface area contributed by atoms with Crippen LogP contribution in [0.25, 0.3) is 0 Å². The molecule has 0 aromatic carbocycles. The van der Waals surface area contributed by atoms with E-state index in [0.29, 0.717) is 0 Å². The molecular weight excluding hydrogens is 190 g/mol. The van der Waals surface area contributed by atoms with Crippen LogP contribution in [0.15, 0.2) is 16.9 Å². The van der Waals surface area contributed by atoms with Gasteiger partial charge in [-0.1, -0.05) is 5.16 Å². The summed E-state index contributed by atoms with van der Waals surface area (Å²) < 4.78 is 4.45. The molecule has 1 rings (SSSR count). The van der Waals surface area contributed by atoms with Crippen molar-refractivity contribution in [1.29, 1.82) is 0 Å². The quantitative estimate of drug-likeness (QED) is 0.596. The molecule has 0 radical (unpaired) electrons. The molecule has 14 heavy (non-hydrogen) atoms. The maximum Gasteiger partial charge on any atom is 0.305 e. The number of aliphatic carboxylic acids is 1. The van der Waals surface area contributed by atoms with E-state index < -0.39 is 24.3 Å². The van der Waals surface area contributed by atoms with Gasteiger partial charge in [-0.25, -0.2) is 0 Å². The van der Waals surface area contributed by atoms with Crippen molar-refractivity contribution in [2.75, 3.05) is 5.32 Å². The van der Waals surface area contributed by atoms with Gasteiger partial charge in [0.05, 0.1) is 12.5 Å². The lowest BCUT2D eigenvalue weighted by Gasteiger charge is -2.06. The number of carboxylic acid groups (broad SMARTS) is 1. The number of aromatic nitrogens is 1. The fourth-order valence-electron chi connectivity index (χ4n) is 0.777. The largest absolute Gasteiger partial charge is 0.481 e. The third kappa shape index (κ3) is 2.87. The Bertz CT molecular complexity index is 322. The fourth-order valence-corrected chi connectivity index (χ4v) is 0.777. The highest BCUT2D eigenvalue weighted by molar-refractivity contribution is 5.95. The van der Waals surface area contributed by atoms with E-state index in [1.807, 2.05) is 0 Å². The number of carbonyl (C=O) groups is 2. The summed E-state index contributed by atoms with van der Waals surface area (Å²) in [5.74, 6) is -1.54. The average molecular weight is 199 g/mol. The van der Waals surface area contributed by atoms with Crippen LogP contribution in [-0.4, -0.2) is 28.2 Å². The van der Waals surface area contributed by atoms with Crippen molar-refractivity contribution in [2.45, 2.75) is 12.5 Å². The van der Waals surface area contributed by atoms with Crippen LogP contribution in [0.2, 0.25) is 0 Å². The molecule has 7 nitrogen and oxygen atoms in total. The Labute approximate surface area is 78.9 Å². The van der Waals surface area contributed by atoms with Crippen molar-refractivity contribution in [3.05, 3.63) is 12.3 Å². The van der Waals surface area contributed by atoms with Crippen molar-refractivity contribution < 1.29 is 19.2 Å². The highest BCUT2D eigenvalue weighted by Gasteiger charge is 2.17. The summed E-state index contributed by atoms with van der Waals surface area (Å²) in [5.41, 5.74) is 5.28. The first kappa shape index (κ1) is 10.2. The number of rotatable bonds is 4. The average Bonchev–Trinajstić information content (AvgIpc) is 2.55. The van der Waals surface area contributed by atoms with E-state index in [1.54, 1.807) is 0 Å². The molecule has 1 aromatic heterocycles. The molecule has 0 aliphatic heterocycles. The smallest absolute Gasteiger partial charge is 0.305 e. The predicted octanol–water partition coefficient (Wildman–Crippen LogP) is -0.585. The molecule has 1 amide bonds. The molecule has 0 saturated heterocycles. The van der Waals surface area contributed by atoms with Crippen molar-refractivity contribution in [2.24, 2.45) is 5.73 Å². The number of anilines is 1. The molecular formula is C7H9N3O4. The Morgan fingerprint density at radius 3 is 2.93 bits per heavy atom. The van der Waals surface area contributed by atoms with Gasteiger partial charge >= 0.3 is 5.97 Å². The van der Waals surface area contributed by atoms with Crippen molar-refractivity contribution >= 4 is 17.7 Å². The Kier molecular flexibility index (Phi) is 3.19. The van der Waals surface area contributed by atoms with E-state index in [4.69, 9.17) is 10.8 Å². The summed E-state index contributed by atoms with van der Waals surface area (Å²) in [5, 5.41) is 14.1. The summed E-state index contributed by atoms with van der Waals surface area (Å²) >= 11 is 0. The van der Waals surface area contributed by atoms with E-state index in [1.165, 1.54) is 12.3 Å². The van der Waals surface area contributed by atoms with Gasteiger partial charge in [-0.3, -0.25) is 9.59 Å². The van der Waals surface area contributed by atoms with Crippen LogP contribution in [0.1, 0.15) is 6.42 Å². The van der Waals surface area contributed by atoms with E-state index in [0.717, 1.165) is 0 Å². The van der Waals surface area contributed by atoms with Gasteiger partial charge in [-0.2, -0.15) is 0 Å². The number of carbonyl (C=O) groups excluding carboxylic acids is 1. The lowest BCUT2D eigenvalue weighted by Crippen LogP contribution is -2.37. The second-order valence-electron chi connectivity index (χ2n) is 2.58. The minimum Gasteiger partial charge on any atom is -0.481 e. The zero-order chi connectivity index (χ0) is 10.6. The van der Waals surface area contributed by atoms with E-state index >= 15 is 0 Å². The summed E-state index contributed by atoms with van der Waals surface area (Å²) in [6, 6.07) is 0.329. The fraction of sp³-hybridized carbons (Fsp3) is 0.286. The van der Waals surface area contributed by atoms with Crippen molar-refractivity contribution in [3.8, 4) is 0 Å². The van der Waals surface area contributed by atoms with Gasteiger partial charge in [0, 0.05) is 6.07 Å². The third-order valence-electron chi connectivity index (χ3n) is 1.42. The zero-order valence-corrected chi connectivity index (χ0v) is 7.14. The Balaban J connectivity index is 2.46. The molecule has 0 spiro atoms.